The molecule has 0 spiro atoms. The van der Waals surface area contributed by atoms with Gasteiger partial charge < -0.3 is 0 Å². The van der Waals surface area contributed by atoms with Crippen LogP contribution in [0.1, 0.15) is 35.6 Å². The van der Waals surface area contributed by atoms with Crippen LogP contribution in [0.25, 0.3) is 0 Å². The molecule has 1 aromatic heterocycles. The highest BCUT2D eigenvalue weighted by atomic mass is 14.7. The van der Waals surface area contributed by atoms with Gasteiger partial charge in [-0.25, -0.2) is 0 Å². The van der Waals surface area contributed by atoms with E-state index < -0.39 is 0 Å². The topological polar surface area (TPSA) is 36.7 Å². The molecular weight excluding hydrogens is 148 g/mol. The summed E-state index contributed by atoms with van der Waals surface area (Å²) >= 11 is 0. The van der Waals surface area contributed by atoms with Gasteiger partial charge in [-0.2, -0.15) is 5.26 Å². The molecule has 0 amide bonds. The van der Waals surface area contributed by atoms with Crippen LogP contribution in [-0.4, -0.2) is 4.98 Å². The van der Waals surface area contributed by atoms with Crippen molar-refractivity contribution in [3.63, 3.8) is 0 Å². The number of hydrogen-bond acceptors (Lipinski definition) is 2. The fraction of sp³-hybridized carbons (Fsp3) is 0.400. The maximum absolute atomic E-state index is 8.84. The molecule has 2 heteroatoms. The molecule has 60 valence electrons. The Hall–Kier alpha value is -1.36. The van der Waals surface area contributed by atoms with Crippen molar-refractivity contribution >= 4 is 0 Å². The molecule has 12 heavy (non-hydrogen) atoms. The van der Waals surface area contributed by atoms with Crippen molar-refractivity contribution in [2.24, 2.45) is 0 Å². The molecule has 0 aromatic carbocycles. The van der Waals surface area contributed by atoms with Crippen molar-refractivity contribution in [3.05, 3.63) is 29.1 Å². The van der Waals surface area contributed by atoms with E-state index in [4.69, 9.17) is 5.26 Å². The summed E-state index contributed by atoms with van der Waals surface area (Å²) in [6, 6.07) is 4.09. The van der Waals surface area contributed by atoms with Gasteiger partial charge in [0.2, 0.25) is 0 Å². The van der Waals surface area contributed by atoms with Crippen molar-refractivity contribution < 1.29 is 0 Å². The average molecular weight is 158 g/mol. The zero-order chi connectivity index (χ0) is 8.55. The predicted octanol–water partition coefficient (Wildman–Crippen LogP) is 2.14. The van der Waals surface area contributed by atoms with Gasteiger partial charge in [-0.3, -0.25) is 4.98 Å². The van der Waals surface area contributed by atoms with E-state index in [0.29, 0.717) is 5.92 Å². The average Bonchev–Trinajstić information content (AvgIpc) is 2.87. The summed E-state index contributed by atoms with van der Waals surface area (Å²) in [5.74, 6) is 0.618. The molecule has 1 aromatic rings. The number of nitriles is 1. The van der Waals surface area contributed by atoms with Crippen LogP contribution in [0.15, 0.2) is 12.3 Å². The summed E-state index contributed by atoms with van der Waals surface area (Å²) in [5.41, 5.74) is 2.88. The van der Waals surface area contributed by atoms with E-state index in [1.807, 2.05) is 19.2 Å². The lowest BCUT2D eigenvalue weighted by molar-refractivity contribution is 1.06. The highest BCUT2D eigenvalue weighted by molar-refractivity contribution is 5.40. The Morgan fingerprint density at radius 2 is 2.33 bits per heavy atom. The van der Waals surface area contributed by atoms with Gasteiger partial charge in [0.25, 0.3) is 0 Å². The van der Waals surface area contributed by atoms with E-state index >= 15 is 0 Å². The van der Waals surface area contributed by atoms with Gasteiger partial charge in [0.15, 0.2) is 0 Å². The number of pyridine rings is 1. The molecule has 0 radical (unpaired) electrons. The zero-order valence-corrected chi connectivity index (χ0v) is 7.04. The van der Waals surface area contributed by atoms with Crippen LogP contribution in [0.5, 0.6) is 0 Å². The van der Waals surface area contributed by atoms with E-state index in [2.05, 4.69) is 11.1 Å². The van der Waals surface area contributed by atoms with Crippen LogP contribution in [0.3, 0.4) is 0 Å². The van der Waals surface area contributed by atoms with Crippen LogP contribution >= 0.6 is 0 Å². The maximum Gasteiger partial charge on any atom is 0.0995 e. The predicted molar refractivity (Wildman–Crippen MR) is 45.7 cm³/mol. The number of rotatable bonds is 1. The van der Waals surface area contributed by atoms with Gasteiger partial charge in [-0.05, 0) is 37.3 Å². The molecule has 2 rings (SSSR count). The highest BCUT2D eigenvalue weighted by Crippen LogP contribution is 2.41. The van der Waals surface area contributed by atoms with Crippen molar-refractivity contribution in [1.29, 1.82) is 5.26 Å². The Morgan fingerprint density at radius 1 is 1.58 bits per heavy atom. The molecule has 0 N–H and O–H groups in total. The molecule has 1 saturated carbocycles. The third kappa shape index (κ3) is 1.18. The zero-order valence-electron chi connectivity index (χ0n) is 7.04. The number of aromatic nitrogens is 1. The molecule has 1 heterocycles. The van der Waals surface area contributed by atoms with E-state index in [1.54, 1.807) is 0 Å². The SMILES string of the molecule is Cc1cc(C#N)c(C2CC2)cn1. The third-order valence-electron chi connectivity index (χ3n) is 2.21. The maximum atomic E-state index is 8.84. The minimum Gasteiger partial charge on any atom is -0.261 e. The minimum atomic E-state index is 0.618. The molecule has 1 aliphatic carbocycles. The lowest BCUT2D eigenvalue weighted by Gasteiger charge is -2.00. The standard InChI is InChI=1S/C10H10N2/c1-7-4-9(5-11)10(6-12-7)8-2-3-8/h4,6,8H,2-3H2,1H3. The van der Waals surface area contributed by atoms with Crippen molar-refractivity contribution in [1.82, 2.24) is 4.98 Å². The van der Waals surface area contributed by atoms with Crippen molar-refractivity contribution in [2.75, 3.05) is 0 Å². The lowest BCUT2D eigenvalue weighted by Crippen LogP contribution is -1.91. The molecule has 1 fully saturated rings. The van der Waals surface area contributed by atoms with E-state index in [9.17, 15) is 0 Å². The first-order valence-electron chi connectivity index (χ1n) is 4.18. The summed E-state index contributed by atoms with van der Waals surface area (Å²) in [6.07, 6.45) is 4.30. The Bertz CT molecular complexity index is 345. The Balaban J connectivity index is 2.47. The Kier molecular flexibility index (Phi) is 1.58. The largest absolute Gasteiger partial charge is 0.261 e. The number of nitrogens with zero attached hydrogens (tertiary/aromatic N) is 2. The van der Waals surface area contributed by atoms with E-state index in [-0.39, 0.29) is 0 Å². The van der Waals surface area contributed by atoms with Crippen molar-refractivity contribution in [3.8, 4) is 6.07 Å². The second-order valence-electron chi connectivity index (χ2n) is 3.30. The van der Waals surface area contributed by atoms with Gasteiger partial charge in [0, 0.05) is 11.9 Å². The van der Waals surface area contributed by atoms with Crippen LogP contribution in [0, 0.1) is 18.3 Å². The van der Waals surface area contributed by atoms with E-state index in [1.165, 1.54) is 12.8 Å². The summed E-state index contributed by atoms with van der Waals surface area (Å²) in [5, 5.41) is 8.84. The molecule has 0 saturated heterocycles. The van der Waals surface area contributed by atoms with Crippen LogP contribution in [-0.2, 0) is 0 Å². The molecule has 0 bridgehead atoms. The molecule has 0 unspecified atom stereocenters. The van der Waals surface area contributed by atoms with Gasteiger partial charge in [0.1, 0.15) is 0 Å². The second-order valence-corrected chi connectivity index (χ2v) is 3.30. The summed E-state index contributed by atoms with van der Waals surface area (Å²) < 4.78 is 0. The Morgan fingerprint density at radius 3 is 2.92 bits per heavy atom. The fourth-order valence-corrected chi connectivity index (χ4v) is 1.39. The van der Waals surface area contributed by atoms with Crippen molar-refractivity contribution in [2.45, 2.75) is 25.7 Å². The molecular formula is C10H10N2. The minimum absolute atomic E-state index is 0.618. The van der Waals surface area contributed by atoms with Crippen LogP contribution < -0.4 is 0 Å². The fourth-order valence-electron chi connectivity index (χ4n) is 1.39. The number of aryl methyl sites for hydroxylation is 1. The molecule has 0 atom stereocenters. The molecule has 0 aliphatic heterocycles. The molecule has 2 nitrogen and oxygen atoms in total. The summed E-state index contributed by atoms with van der Waals surface area (Å²) in [4.78, 5) is 4.20. The Labute approximate surface area is 71.9 Å². The van der Waals surface area contributed by atoms with Gasteiger partial charge in [-0.15, -0.1) is 0 Å². The molecule has 1 aliphatic rings. The first-order chi connectivity index (χ1) is 5.81. The van der Waals surface area contributed by atoms with Gasteiger partial charge in [0.05, 0.1) is 11.6 Å². The first-order valence-corrected chi connectivity index (χ1v) is 4.18. The summed E-state index contributed by atoms with van der Waals surface area (Å²) in [6.45, 7) is 1.91. The third-order valence-corrected chi connectivity index (χ3v) is 2.21. The van der Waals surface area contributed by atoms with Gasteiger partial charge >= 0.3 is 0 Å². The second kappa shape index (κ2) is 2.60. The quantitative estimate of drug-likeness (QED) is 0.627. The normalized spacial score (nSPS) is 15.7. The first kappa shape index (κ1) is 7.30. The van der Waals surface area contributed by atoms with Crippen LogP contribution in [0.4, 0.5) is 0 Å². The van der Waals surface area contributed by atoms with Gasteiger partial charge in [-0.1, -0.05) is 0 Å². The monoisotopic (exact) mass is 158 g/mol. The lowest BCUT2D eigenvalue weighted by atomic mass is 10.1. The highest BCUT2D eigenvalue weighted by Gasteiger charge is 2.26. The summed E-state index contributed by atoms with van der Waals surface area (Å²) in [7, 11) is 0. The van der Waals surface area contributed by atoms with E-state index in [0.717, 1.165) is 16.8 Å². The van der Waals surface area contributed by atoms with Crippen LogP contribution in [0.2, 0.25) is 0 Å². The number of hydrogen-bond donors (Lipinski definition) is 0. The smallest absolute Gasteiger partial charge is 0.0995 e.